The molecule has 0 fully saturated rings. The van der Waals surface area contributed by atoms with E-state index in [1.165, 1.54) is 5.56 Å². The lowest BCUT2D eigenvalue weighted by Gasteiger charge is -1.99. The molecule has 1 aromatic carbocycles. The van der Waals surface area contributed by atoms with Gasteiger partial charge in [0.2, 0.25) is 0 Å². The summed E-state index contributed by atoms with van der Waals surface area (Å²) in [7, 11) is 1.70. The molecule has 0 aromatic heterocycles. The summed E-state index contributed by atoms with van der Waals surface area (Å²) in [5.41, 5.74) is 2.32. The van der Waals surface area contributed by atoms with Gasteiger partial charge in [0, 0.05) is 7.11 Å². The van der Waals surface area contributed by atoms with E-state index in [0.29, 0.717) is 6.61 Å². The molecule has 1 aromatic rings. The highest BCUT2D eigenvalue weighted by atomic mass is 16.5. The van der Waals surface area contributed by atoms with Crippen LogP contribution in [-0.4, -0.2) is 7.11 Å². The van der Waals surface area contributed by atoms with Crippen molar-refractivity contribution in [3.8, 4) is 0 Å². The number of hydrogen-bond acceptors (Lipinski definition) is 1. The van der Waals surface area contributed by atoms with Crippen LogP contribution in [0.1, 0.15) is 11.1 Å². The van der Waals surface area contributed by atoms with Crippen LogP contribution in [0, 0.1) is 0 Å². The fraction of sp³-hybridized carbons (Fsp3) is 0.200. The lowest BCUT2D eigenvalue weighted by atomic mass is 10.1. The van der Waals surface area contributed by atoms with Crippen LogP contribution in [0.15, 0.2) is 30.8 Å². The first-order chi connectivity index (χ1) is 5.36. The molecule has 0 atom stereocenters. The molecule has 0 spiro atoms. The smallest absolute Gasteiger partial charge is 0.0713 e. The quantitative estimate of drug-likeness (QED) is 0.639. The summed E-state index contributed by atoms with van der Waals surface area (Å²) in [5, 5.41) is 0. The van der Waals surface area contributed by atoms with E-state index in [-0.39, 0.29) is 0 Å². The predicted molar refractivity (Wildman–Crippen MR) is 47.2 cm³/mol. The molecule has 0 saturated carbocycles. The number of methoxy groups -OCH3 is 1. The van der Waals surface area contributed by atoms with Gasteiger partial charge >= 0.3 is 0 Å². The summed E-state index contributed by atoms with van der Waals surface area (Å²) in [6.07, 6.45) is 1.83. The number of benzene rings is 1. The fourth-order valence-corrected chi connectivity index (χ4v) is 0.977. The maximum Gasteiger partial charge on any atom is 0.0713 e. The summed E-state index contributed by atoms with van der Waals surface area (Å²) in [5.74, 6) is 0. The summed E-state index contributed by atoms with van der Waals surface area (Å²) in [4.78, 5) is 0. The van der Waals surface area contributed by atoms with E-state index < -0.39 is 0 Å². The normalized spacial score (nSPS) is 9.55. The molecular formula is C10H12O. The molecule has 0 unspecified atom stereocenters. The van der Waals surface area contributed by atoms with Gasteiger partial charge in [-0.15, -0.1) is 0 Å². The Morgan fingerprint density at radius 1 is 1.55 bits per heavy atom. The summed E-state index contributed by atoms with van der Waals surface area (Å²) in [6, 6.07) is 8.13. The molecule has 0 heterocycles. The van der Waals surface area contributed by atoms with Gasteiger partial charge in [0.05, 0.1) is 6.61 Å². The minimum Gasteiger partial charge on any atom is -0.380 e. The van der Waals surface area contributed by atoms with Crippen LogP contribution >= 0.6 is 0 Å². The van der Waals surface area contributed by atoms with E-state index in [1.54, 1.807) is 7.11 Å². The van der Waals surface area contributed by atoms with Crippen molar-refractivity contribution < 1.29 is 4.74 Å². The first-order valence-corrected chi connectivity index (χ1v) is 3.57. The van der Waals surface area contributed by atoms with E-state index in [1.807, 2.05) is 24.3 Å². The van der Waals surface area contributed by atoms with Crippen LogP contribution in [-0.2, 0) is 11.3 Å². The number of hydrogen-bond donors (Lipinski definition) is 0. The maximum absolute atomic E-state index is 4.99. The minimum atomic E-state index is 0.668. The topological polar surface area (TPSA) is 9.23 Å². The first kappa shape index (κ1) is 8.02. The monoisotopic (exact) mass is 148 g/mol. The fourth-order valence-electron chi connectivity index (χ4n) is 0.977. The maximum atomic E-state index is 4.99. The van der Waals surface area contributed by atoms with Gasteiger partial charge in [-0.1, -0.05) is 30.9 Å². The third-order valence-corrected chi connectivity index (χ3v) is 1.50. The molecule has 11 heavy (non-hydrogen) atoms. The van der Waals surface area contributed by atoms with Crippen LogP contribution in [0.25, 0.3) is 6.08 Å². The molecule has 0 aliphatic rings. The number of ether oxygens (including phenoxy) is 1. The second-order valence-corrected chi connectivity index (χ2v) is 2.38. The lowest BCUT2D eigenvalue weighted by Crippen LogP contribution is -1.86. The average molecular weight is 148 g/mol. The van der Waals surface area contributed by atoms with Crippen molar-refractivity contribution in [1.29, 1.82) is 0 Å². The van der Waals surface area contributed by atoms with Crippen molar-refractivity contribution in [2.24, 2.45) is 0 Å². The summed E-state index contributed by atoms with van der Waals surface area (Å²) in [6.45, 7) is 4.36. The zero-order chi connectivity index (χ0) is 8.10. The molecule has 0 N–H and O–H groups in total. The molecule has 58 valence electrons. The Morgan fingerprint density at radius 2 is 2.36 bits per heavy atom. The first-order valence-electron chi connectivity index (χ1n) is 3.57. The van der Waals surface area contributed by atoms with Gasteiger partial charge in [-0.25, -0.2) is 0 Å². The molecule has 1 nitrogen and oxygen atoms in total. The van der Waals surface area contributed by atoms with Crippen molar-refractivity contribution in [3.63, 3.8) is 0 Å². The van der Waals surface area contributed by atoms with Gasteiger partial charge in [-0.3, -0.25) is 0 Å². The third kappa shape index (κ3) is 2.20. The molecular weight excluding hydrogens is 136 g/mol. The summed E-state index contributed by atoms with van der Waals surface area (Å²) < 4.78 is 4.99. The second kappa shape index (κ2) is 3.94. The Balaban J connectivity index is 2.82. The molecule has 0 aliphatic heterocycles. The van der Waals surface area contributed by atoms with E-state index in [4.69, 9.17) is 4.74 Å². The van der Waals surface area contributed by atoms with E-state index in [2.05, 4.69) is 12.6 Å². The molecule has 0 amide bonds. The van der Waals surface area contributed by atoms with Crippen LogP contribution in [0.3, 0.4) is 0 Å². The van der Waals surface area contributed by atoms with E-state index >= 15 is 0 Å². The molecule has 1 rings (SSSR count). The average Bonchev–Trinajstić information content (AvgIpc) is 2.06. The van der Waals surface area contributed by atoms with Crippen LogP contribution in [0.4, 0.5) is 0 Å². The molecule has 0 bridgehead atoms. The van der Waals surface area contributed by atoms with Crippen molar-refractivity contribution >= 4 is 6.08 Å². The zero-order valence-corrected chi connectivity index (χ0v) is 6.71. The minimum absolute atomic E-state index is 0.668. The Labute approximate surface area is 67.3 Å². The molecule has 0 radical (unpaired) electrons. The second-order valence-electron chi connectivity index (χ2n) is 2.38. The Hall–Kier alpha value is -1.08. The van der Waals surface area contributed by atoms with Crippen molar-refractivity contribution in [2.45, 2.75) is 6.61 Å². The zero-order valence-electron chi connectivity index (χ0n) is 6.71. The van der Waals surface area contributed by atoms with Crippen molar-refractivity contribution in [3.05, 3.63) is 42.0 Å². The van der Waals surface area contributed by atoms with Crippen molar-refractivity contribution in [2.75, 3.05) is 7.11 Å². The molecule has 1 heteroatoms. The summed E-state index contributed by atoms with van der Waals surface area (Å²) >= 11 is 0. The largest absolute Gasteiger partial charge is 0.380 e. The van der Waals surface area contributed by atoms with Gasteiger partial charge in [-0.05, 0) is 17.2 Å². The van der Waals surface area contributed by atoms with Gasteiger partial charge in [0.1, 0.15) is 0 Å². The standard InChI is InChI=1S/C10H12O/c1-3-9-5-4-6-10(7-9)8-11-2/h3-7H,1,8H2,2H3. The van der Waals surface area contributed by atoms with Crippen LogP contribution in [0.2, 0.25) is 0 Å². The van der Waals surface area contributed by atoms with Crippen LogP contribution < -0.4 is 0 Å². The lowest BCUT2D eigenvalue weighted by molar-refractivity contribution is 0.185. The SMILES string of the molecule is C=Cc1cccc(COC)c1. The highest BCUT2D eigenvalue weighted by Gasteiger charge is 1.90. The molecule has 0 aliphatic carbocycles. The highest BCUT2D eigenvalue weighted by Crippen LogP contribution is 2.06. The predicted octanol–water partition coefficient (Wildman–Crippen LogP) is 2.48. The highest BCUT2D eigenvalue weighted by molar-refractivity contribution is 5.47. The Morgan fingerprint density at radius 3 is 3.00 bits per heavy atom. The van der Waals surface area contributed by atoms with Gasteiger partial charge in [0.25, 0.3) is 0 Å². The number of rotatable bonds is 3. The van der Waals surface area contributed by atoms with E-state index in [9.17, 15) is 0 Å². The van der Waals surface area contributed by atoms with Crippen molar-refractivity contribution in [1.82, 2.24) is 0 Å². The van der Waals surface area contributed by atoms with Gasteiger partial charge < -0.3 is 4.74 Å². The molecule has 0 saturated heterocycles. The van der Waals surface area contributed by atoms with E-state index in [0.717, 1.165) is 5.56 Å². The third-order valence-electron chi connectivity index (χ3n) is 1.50. The Bertz CT molecular complexity index is 240. The Kier molecular flexibility index (Phi) is 2.87. The van der Waals surface area contributed by atoms with Gasteiger partial charge in [-0.2, -0.15) is 0 Å². The van der Waals surface area contributed by atoms with Crippen LogP contribution in [0.5, 0.6) is 0 Å². The van der Waals surface area contributed by atoms with Gasteiger partial charge in [0.15, 0.2) is 0 Å².